The van der Waals surface area contributed by atoms with Crippen LogP contribution in [0.5, 0.6) is 0 Å². The Morgan fingerprint density at radius 2 is 1.67 bits per heavy atom. The number of piperazine rings is 2. The quantitative estimate of drug-likeness (QED) is 0.166. The molecule has 0 radical (unpaired) electrons. The van der Waals surface area contributed by atoms with Crippen molar-refractivity contribution in [2.24, 2.45) is 0 Å². The number of methoxy groups -OCH3 is 1. The van der Waals surface area contributed by atoms with Gasteiger partial charge >= 0.3 is 17.8 Å². The zero-order valence-electron chi connectivity index (χ0n) is 32.2. The van der Waals surface area contributed by atoms with E-state index in [0.29, 0.717) is 53.2 Å². The minimum Gasteiger partial charge on any atom is -0.477 e. The SMILES string of the molecule is COC1CCC(N2CCN(c3ccc(C[C@@H](C(=O)Nc4ccc5[nH]c(C(=O)O)cc5c4)N4CCN(c5cc(C)ccc5-n5cnnn5)C(=O)C4=O)cc3)C(=O)C2)CC1. The molecular weight excluding hydrogens is 745 g/mol. The van der Waals surface area contributed by atoms with Gasteiger partial charge in [-0.3, -0.25) is 24.1 Å². The zero-order valence-corrected chi connectivity index (χ0v) is 32.2. The molecule has 1 aliphatic carbocycles. The number of carbonyl (C=O) groups excluding carboxylic acids is 4. The van der Waals surface area contributed by atoms with Gasteiger partial charge in [0.2, 0.25) is 11.8 Å². The number of nitrogens with zero attached hydrogens (tertiary/aromatic N) is 8. The van der Waals surface area contributed by atoms with E-state index in [2.05, 4.69) is 30.7 Å². The number of carboxylic acid groups (broad SMARTS) is 1. The lowest BCUT2D eigenvalue weighted by Crippen LogP contribution is -2.60. The van der Waals surface area contributed by atoms with Gasteiger partial charge < -0.3 is 34.8 Å². The van der Waals surface area contributed by atoms with E-state index in [0.717, 1.165) is 49.0 Å². The molecule has 3 aliphatic rings. The number of benzene rings is 3. The molecule has 5 aromatic rings. The van der Waals surface area contributed by atoms with E-state index in [-0.39, 0.29) is 31.1 Å². The molecule has 17 nitrogen and oxygen atoms in total. The second-order valence-corrected chi connectivity index (χ2v) is 15.0. The van der Waals surface area contributed by atoms with Crippen LogP contribution in [0, 0.1) is 6.92 Å². The first-order valence-corrected chi connectivity index (χ1v) is 19.4. The molecular formula is C41H44N10O7. The predicted octanol–water partition coefficient (Wildman–Crippen LogP) is 3.18. The van der Waals surface area contributed by atoms with Gasteiger partial charge in [0.05, 0.1) is 24.0 Å². The maximum absolute atomic E-state index is 14.3. The third kappa shape index (κ3) is 7.77. The fourth-order valence-corrected chi connectivity index (χ4v) is 8.34. The molecule has 0 bridgehead atoms. The highest BCUT2D eigenvalue weighted by Crippen LogP contribution is 2.30. The van der Waals surface area contributed by atoms with Crippen LogP contribution < -0.4 is 15.1 Å². The number of anilines is 3. The third-order valence-corrected chi connectivity index (χ3v) is 11.5. The molecule has 8 rings (SSSR count). The maximum Gasteiger partial charge on any atom is 0.352 e. The van der Waals surface area contributed by atoms with Crippen molar-refractivity contribution in [3.05, 3.63) is 89.9 Å². The van der Waals surface area contributed by atoms with Crippen LogP contribution >= 0.6 is 0 Å². The summed E-state index contributed by atoms with van der Waals surface area (Å²) in [5.74, 6) is -3.27. The second-order valence-electron chi connectivity index (χ2n) is 15.0. The molecule has 3 aromatic carbocycles. The number of hydrogen-bond donors (Lipinski definition) is 3. The Balaban J connectivity index is 1.02. The van der Waals surface area contributed by atoms with Gasteiger partial charge in [-0.1, -0.05) is 18.2 Å². The highest BCUT2D eigenvalue weighted by molar-refractivity contribution is 6.41. The Bertz CT molecular complexity index is 2350. The van der Waals surface area contributed by atoms with Crippen LogP contribution in [0.3, 0.4) is 0 Å². The summed E-state index contributed by atoms with van der Waals surface area (Å²) in [5.41, 5.74) is 4.27. The molecule has 2 aromatic heterocycles. The number of H-pyrrole nitrogens is 1. The number of rotatable bonds is 11. The summed E-state index contributed by atoms with van der Waals surface area (Å²) < 4.78 is 6.94. The van der Waals surface area contributed by atoms with Crippen molar-refractivity contribution < 1.29 is 33.8 Å². The number of aromatic carboxylic acids is 1. The molecule has 17 heteroatoms. The highest BCUT2D eigenvalue weighted by Gasteiger charge is 2.41. The number of amides is 4. The van der Waals surface area contributed by atoms with Crippen LogP contribution in [0.2, 0.25) is 0 Å². The number of carbonyl (C=O) groups is 5. The first-order valence-electron chi connectivity index (χ1n) is 19.4. The standard InChI is InChI=1S/C41H44N10O7/c1-25-3-14-34(51-24-42-45-46-51)35(19-25)49-17-18-50(40(55)39(49)54)36(38(53)43-28-6-13-32-27(21-28)22-33(44-32)41(56)57)20-26-4-7-30(8-5-26)48-16-15-47(23-37(48)52)29-9-11-31(58-2)12-10-29/h3-8,13-14,19,21-22,24,29,31,36,44H,9-12,15-18,20,23H2,1-2H3,(H,43,53)(H,56,57)/t29?,31?,36-/m0/s1. The van der Waals surface area contributed by atoms with Crippen LogP contribution in [0.25, 0.3) is 16.6 Å². The molecule has 0 unspecified atom stereocenters. The first-order chi connectivity index (χ1) is 28.1. The topological polar surface area (TPSA) is 199 Å². The van der Waals surface area contributed by atoms with Gasteiger partial charge in [0.1, 0.15) is 18.1 Å². The fourth-order valence-electron chi connectivity index (χ4n) is 8.34. The molecule has 300 valence electrons. The molecule has 0 spiro atoms. The number of carboxylic acids is 1. The lowest BCUT2D eigenvalue weighted by atomic mass is 9.91. The molecule has 2 saturated heterocycles. The summed E-state index contributed by atoms with van der Waals surface area (Å²) in [4.78, 5) is 76.8. The highest BCUT2D eigenvalue weighted by atomic mass is 16.5. The van der Waals surface area contributed by atoms with Gasteiger partial charge in [0.25, 0.3) is 0 Å². The van der Waals surface area contributed by atoms with Crippen LogP contribution in [-0.4, -0.2) is 128 Å². The summed E-state index contributed by atoms with van der Waals surface area (Å²) in [7, 11) is 1.75. The maximum atomic E-state index is 14.3. The summed E-state index contributed by atoms with van der Waals surface area (Å²) in [5, 5.41) is 24.3. The molecule has 4 amide bonds. The molecule has 58 heavy (non-hydrogen) atoms. The fraction of sp³-hybridized carbons (Fsp3) is 0.366. The molecule has 2 aliphatic heterocycles. The zero-order chi connectivity index (χ0) is 40.5. The lowest BCUT2D eigenvalue weighted by Gasteiger charge is -2.41. The minimum absolute atomic E-state index is 0.00654. The normalized spacial score (nSPS) is 19.8. The smallest absolute Gasteiger partial charge is 0.352 e. The largest absolute Gasteiger partial charge is 0.477 e. The average molecular weight is 789 g/mol. The van der Waals surface area contributed by atoms with Gasteiger partial charge in [0.15, 0.2) is 0 Å². The van der Waals surface area contributed by atoms with Gasteiger partial charge in [-0.25, -0.2) is 4.79 Å². The van der Waals surface area contributed by atoms with Crippen molar-refractivity contribution in [2.75, 3.05) is 55.0 Å². The van der Waals surface area contributed by atoms with Crippen molar-refractivity contribution >= 4 is 57.6 Å². The van der Waals surface area contributed by atoms with E-state index in [4.69, 9.17) is 4.74 Å². The van der Waals surface area contributed by atoms with Crippen LogP contribution in [0.1, 0.15) is 47.3 Å². The summed E-state index contributed by atoms with van der Waals surface area (Å²) in [6.45, 7) is 3.70. The molecule has 4 heterocycles. The van der Waals surface area contributed by atoms with Crippen LogP contribution in [0.4, 0.5) is 17.1 Å². The van der Waals surface area contributed by atoms with Crippen molar-refractivity contribution in [3.8, 4) is 5.69 Å². The number of fused-ring (bicyclic) bond motifs is 1. The number of ether oxygens (including phenoxy) is 1. The Labute approximate surface area is 333 Å². The Kier molecular flexibility index (Phi) is 10.7. The van der Waals surface area contributed by atoms with E-state index >= 15 is 0 Å². The van der Waals surface area contributed by atoms with Gasteiger partial charge in [-0.05, 0) is 103 Å². The number of aromatic nitrogens is 5. The number of hydrogen-bond acceptors (Lipinski definition) is 10. The second kappa shape index (κ2) is 16.2. The molecule has 1 atom stereocenters. The lowest BCUT2D eigenvalue weighted by molar-refractivity contribution is -0.149. The van der Waals surface area contributed by atoms with Crippen molar-refractivity contribution in [2.45, 2.75) is 57.2 Å². The average Bonchev–Trinajstić information content (AvgIpc) is 3.93. The molecule has 1 saturated carbocycles. The van der Waals surface area contributed by atoms with Gasteiger partial charge in [-0.2, -0.15) is 4.68 Å². The number of aryl methyl sites for hydroxylation is 1. The number of nitrogens with one attached hydrogen (secondary N) is 2. The van der Waals surface area contributed by atoms with E-state index in [1.54, 1.807) is 42.3 Å². The number of tetrazole rings is 1. The molecule has 3 fully saturated rings. The van der Waals surface area contributed by atoms with Gasteiger partial charge in [-0.15, -0.1) is 5.10 Å². The Hall–Kier alpha value is -6.46. The van der Waals surface area contributed by atoms with Gasteiger partial charge in [0, 0.05) is 68.0 Å². The van der Waals surface area contributed by atoms with Crippen molar-refractivity contribution in [3.63, 3.8) is 0 Å². The predicted molar refractivity (Wildman–Crippen MR) is 213 cm³/mol. The summed E-state index contributed by atoms with van der Waals surface area (Å²) in [6.07, 6.45) is 5.79. The van der Waals surface area contributed by atoms with E-state index < -0.39 is 29.7 Å². The first kappa shape index (κ1) is 38.4. The summed E-state index contributed by atoms with van der Waals surface area (Å²) in [6, 6.07) is 18.5. The van der Waals surface area contributed by atoms with Crippen LogP contribution in [0.15, 0.2) is 73.1 Å². The van der Waals surface area contributed by atoms with Crippen molar-refractivity contribution in [1.29, 1.82) is 0 Å². The van der Waals surface area contributed by atoms with E-state index in [9.17, 15) is 29.1 Å². The number of aromatic amines is 1. The molecule has 3 N–H and O–H groups in total. The van der Waals surface area contributed by atoms with Crippen LogP contribution in [-0.2, 0) is 30.3 Å². The third-order valence-electron chi connectivity index (χ3n) is 11.5. The Morgan fingerprint density at radius 1 is 0.897 bits per heavy atom. The van der Waals surface area contributed by atoms with E-state index in [1.807, 2.05) is 37.3 Å². The monoisotopic (exact) mass is 788 g/mol. The summed E-state index contributed by atoms with van der Waals surface area (Å²) >= 11 is 0. The minimum atomic E-state index is -1.11. The Morgan fingerprint density at radius 3 is 2.38 bits per heavy atom. The van der Waals surface area contributed by atoms with E-state index in [1.165, 1.54) is 26.9 Å². The van der Waals surface area contributed by atoms with Crippen molar-refractivity contribution in [1.82, 2.24) is 35.0 Å².